The highest BCUT2D eigenvalue weighted by Gasteiger charge is 2.47. The van der Waals surface area contributed by atoms with Crippen LogP contribution in [0.15, 0.2) is 11.2 Å². The first-order valence-electron chi connectivity index (χ1n) is 7.00. The molecular weight excluding hydrogens is 294 g/mol. The standard InChI is InChI=1S/C13H21N3O4S/c1-4-16-8-11(14-9(16)2)21(19,20)15-10-6-5-7-13(10,3)12(17)18/h8,10,15H,4-7H2,1-3H3,(H,17,18). The maximum atomic E-state index is 12.4. The molecule has 2 N–H and O–H groups in total. The van der Waals surface area contributed by atoms with Crippen molar-refractivity contribution in [2.75, 3.05) is 0 Å². The zero-order valence-corrected chi connectivity index (χ0v) is 13.3. The number of hydrogen-bond acceptors (Lipinski definition) is 4. The molecule has 7 nitrogen and oxygen atoms in total. The summed E-state index contributed by atoms with van der Waals surface area (Å²) < 4.78 is 29.1. The molecule has 0 aromatic carbocycles. The Balaban J connectivity index is 2.27. The van der Waals surface area contributed by atoms with Crippen LogP contribution in [0.1, 0.15) is 38.9 Å². The molecule has 2 rings (SSSR count). The third-order valence-corrected chi connectivity index (χ3v) is 5.66. The SMILES string of the molecule is CCn1cc(S(=O)(=O)NC2CCCC2(C)C(=O)O)nc1C. The zero-order valence-electron chi connectivity index (χ0n) is 12.5. The minimum atomic E-state index is -3.81. The number of carboxylic acid groups (broad SMARTS) is 1. The van der Waals surface area contributed by atoms with Crippen molar-refractivity contribution in [2.45, 2.75) is 57.6 Å². The van der Waals surface area contributed by atoms with Gasteiger partial charge in [-0.3, -0.25) is 4.79 Å². The van der Waals surface area contributed by atoms with E-state index in [9.17, 15) is 18.3 Å². The Labute approximate surface area is 124 Å². The second-order valence-electron chi connectivity index (χ2n) is 5.70. The molecule has 0 aliphatic heterocycles. The van der Waals surface area contributed by atoms with Crippen LogP contribution < -0.4 is 4.72 Å². The first-order valence-corrected chi connectivity index (χ1v) is 8.48. The van der Waals surface area contributed by atoms with Gasteiger partial charge in [0.25, 0.3) is 10.0 Å². The summed E-state index contributed by atoms with van der Waals surface area (Å²) in [4.78, 5) is 15.5. The van der Waals surface area contributed by atoms with Gasteiger partial charge < -0.3 is 9.67 Å². The minimum Gasteiger partial charge on any atom is -0.481 e. The number of carboxylic acids is 1. The summed E-state index contributed by atoms with van der Waals surface area (Å²) in [5, 5.41) is 9.29. The summed E-state index contributed by atoms with van der Waals surface area (Å²) in [5.41, 5.74) is -1.06. The highest BCUT2D eigenvalue weighted by atomic mass is 32.2. The molecule has 1 aliphatic carbocycles. The van der Waals surface area contributed by atoms with E-state index in [-0.39, 0.29) is 5.03 Å². The lowest BCUT2D eigenvalue weighted by Gasteiger charge is -2.27. The number of nitrogens with one attached hydrogen (secondary N) is 1. The topological polar surface area (TPSA) is 101 Å². The maximum absolute atomic E-state index is 12.4. The van der Waals surface area contributed by atoms with Gasteiger partial charge in [0, 0.05) is 18.8 Å². The molecular formula is C13H21N3O4S. The third kappa shape index (κ3) is 2.82. The molecule has 0 spiro atoms. The Hall–Kier alpha value is -1.41. The molecule has 118 valence electrons. The van der Waals surface area contributed by atoms with E-state index in [1.165, 1.54) is 6.20 Å². The van der Waals surface area contributed by atoms with Gasteiger partial charge in [-0.1, -0.05) is 6.42 Å². The van der Waals surface area contributed by atoms with E-state index in [2.05, 4.69) is 9.71 Å². The molecule has 0 amide bonds. The van der Waals surface area contributed by atoms with Crippen LogP contribution in [-0.4, -0.2) is 35.1 Å². The average molecular weight is 315 g/mol. The van der Waals surface area contributed by atoms with E-state index < -0.39 is 27.4 Å². The van der Waals surface area contributed by atoms with E-state index in [1.54, 1.807) is 18.4 Å². The molecule has 1 aliphatic rings. The Morgan fingerprint density at radius 2 is 2.29 bits per heavy atom. The molecule has 0 saturated heterocycles. The van der Waals surface area contributed by atoms with E-state index in [4.69, 9.17) is 0 Å². The number of nitrogens with zero attached hydrogens (tertiary/aromatic N) is 2. The lowest BCUT2D eigenvalue weighted by atomic mass is 9.85. The van der Waals surface area contributed by atoms with E-state index in [0.717, 1.165) is 0 Å². The number of aliphatic carboxylic acids is 1. The Kier molecular flexibility index (Phi) is 4.12. The van der Waals surface area contributed by atoms with Gasteiger partial charge >= 0.3 is 5.97 Å². The number of sulfonamides is 1. The van der Waals surface area contributed by atoms with Crippen LogP contribution in [0.3, 0.4) is 0 Å². The van der Waals surface area contributed by atoms with Crippen molar-refractivity contribution in [1.29, 1.82) is 0 Å². The van der Waals surface area contributed by atoms with E-state index in [1.807, 2.05) is 6.92 Å². The van der Waals surface area contributed by atoms with Crippen molar-refractivity contribution < 1.29 is 18.3 Å². The molecule has 2 atom stereocenters. The Morgan fingerprint density at radius 3 is 2.81 bits per heavy atom. The van der Waals surface area contributed by atoms with Crippen LogP contribution in [0.5, 0.6) is 0 Å². The van der Waals surface area contributed by atoms with Crippen LogP contribution in [0.25, 0.3) is 0 Å². The highest BCUT2D eigenvalue weighted by Crippen LogP contribution is 2.38. The van der Waals surface area contributed by atoms with Gasteiger partial charge in [-0.05, 0) is 33.6 Å². The number of carbonyl (C=O) groups is 1. The fraction of sp³-hybridized carbons (Fsp3) is 0.692. The summed E-state index contributed by atoms with van der Waals surface area (Å²) in [7, 11) is -3.81. The van der Waals surface area contributed by atoms with Crippen molar-refractivity contribution in [3.05, 3.63) is 12.0 Å². The normalized spacial score (nSPS) is 26.1. The summed E-state index contributed by atoms with van der Waals surface area (Å²) in [6.45, 7) is 5.85. The van der Waals surface area contributed by atoms with Gasteiger partial charge in [-0.25, -0.2) is 18.1 Å². The molecule has 8 heteroatoms. The minimum absolute atomic E-state index is 0.0542. The summed E-state index contributed by atoms with van der Waals surface area (Å²) in [5.74, 6) is -0.353. The first-order chi connectivity index (χ1) is 9.70. The van der Waals surface area contributed by atoms with Gasteiger partial charge in [-0.15, -0.1) is 0 Å². The van der Waals surface area contributed by atoms with Crippen molar-refractivity contribution in [3.8, 4) is 0 Å². The predicted molar refractivity (Wildman–Crippen MR) is 76.3 cm³/mol. The lowest BCUT2D eigenvalue weighted by molar-refractivity contribution is -0.148. The van der Waals surface area contributed by atoms with Crippen LogP contribution in [0, 0.1) is 12.3 Å². The van der Waals surface area contributed by atoms with Crippen LogP contribution >= 0.6 is 0 Å². The quantitative estimate of drug-likeness (QED) is 0.848. The van der Waals surface area contributed by atoms with Crippen molar-refractivity contribution in [1.82, 2.24) is 14.3 Å². The van der Waals surface area contributed by atoms with Gasteiger partial charge in [-0.2, -0.15) is 0 Å². The molecule has 0 radical (unpaired) electrons. The van der Waals surface area contributed by atoms with Gasteiger partial charge in [0.1, 0.15) is 5.82 Å². The van der Waals surface area contributed by atoms with Crippen molar-refractivity contribution in [2.24, 2.45) is 5.41 Å². The van der Waals surface area contributed by atoms with Crippen molar-refractivity contribution >= 4 is 16.0 Å². The van der Waals surface area contributed by atoms with Crippen LogP contribution in [0.4, 0.5) is 0 Å². The maximum Gasteiger partial charge on any atom is 0.310 e. The molecule has 1 fully saturated rings. The second-order valence-corrected chi connectivity index (χ2v) is 7.36. The predicted octanol–water partition coefficient (Wildman–Crippen LogP) is 1.13. The lowest BCUT2D eigenvalue weighted by Crippen LogP contribution is -2.47. The third-order valence-electron chi connectivity index (χ3n) is 4.31. The molecule has 1 saturated carbocycles. The number of hydrogen-bond donors (Lipinski definition) is 2. The fourth-order valence-corrected chi connectivity index (χ4v) is 4.18. The molecule has 1 aromatic rings. The molecule has 1 heterocycles. The Bertz CT molecular complexity index is 652. The smallest absolute Gasteiger partial charge is 0.310 e. The largest absolute Gasteiger partial charge is 0.481 e. The summed E-state index contributed by atoms with van der Waals surface area (Å²) >= 11 is 0. The Morgan fingerprint density at radius 1 is 1.62 bits per heavy atom. The number of rotatable bonds is 5. The number of aryl methyl sites for hydroxylation is 2. The monoisotopic (exact) mass is 315 g/mol. The molecule has 2 unspecified atom stereocenters. The summed E-state index contributed by atoms with van der Waals surface area (Å²) in [6.07, 6.45) is 3.16. The van der Waals surface area contributed by atoms with Crippen LogP contribution in [0.2, 0.25) is 0 Å². The molecule has 0 bridgehead atoms. The van der Waals surface area contributed by atoms with Gasteiger partial charge in [0.2, 0.25) is 0 Å². The van der Waals surface area contributed by atoms with Gasteiger partial charge in [0.15, 0.2) is 5.03 Å². The fourth-order valence-electron chi connectivity index (χ4n) is 2.79. The first kappa shape index (κ1) is 16.0. The van der Waals surface area contributed by atoms with E-state index >= 15 is 0 Å². The zero-order chi connectivity index (χ0) is 15.8. The van der Waals surface area contributed by atoms with Gasteiger partial charge in [0.05, 0.1) is 5.41 Å². The highest BCUT2D eigenvalue weighted by molar-refractivity contribution is 7.89. The second kappa shape index (κ2) is 5.42. The summed E-state index contributed by atoms with van der Waals surface area (Å²) in [6, 6.07) is -0.605. The van der Waals surface area contributed by atoms with E-state index in [0.29, 0.717) is 31.6 Å². The van der Waals surface area contributed by atoms with Crippen LogP contribution in [-0.2, 0) is 21.4 Å². The molecule has 21 heavy (non-hydrogen) atoms. The number of aromatic nitrogens is 2. The number of imidazole rings is 1. The molecule has 1 aromatic heterocycles. The van der Waals surface area contributed by atoms with Crippen molar-refractivity contribution in [3.63, 3.8) is 0 Å². The average Bonchev–Trinajstić information content (AvgIpc) is 2.94.